The number of fused-ring (bicyclic) bond motifs is 5. The van der Waals surface area contributed by atoms with E-state index in [-0.39, 0.29) is 0 Å². The Bertz CT molecular complexity index is 3290. The summed E-state index contributed by atoms with van der Waals surface area (Å²) in [7, 11) is 0. The molecule has 5 heterocycles. The number of aliphatic hydroxyl groups is 1. The van der Waals surface area contributed by atoms with Gasteiger partial charge in [0.1, 0.15) is 17.4 Å². The summed E-state index contributed by atoms with van der Waals surface area (Å²) in [5.74, 6) is 1.04. The lowest BCUT2D eigenvalue weighted by molar-refractivity contribution is -0.585. The molecule has 1 N–H and O–H groups in total. The van der Waals surface area contributed by atoms with Crippen molar-refractivity contribution in [1.29, 1.82) is 0 Å². The lowest BCUT2D eigenvalue weighted by atomic mass is 9.72. The summed E-state index contributed by atoms with van der Waals surface area (Å²) in [6.45, 7) is 6.81. The minimum Gasteiger partial charge on any atom is -0.352 e. The van der Waals surface area contributed by atoms with E-state index in [9.17, 15) is 5.11 Å². The summed E-state index contributed by atoms with van der Waals surface area (Å²) in [6, 6.07) is 66.0. The molecule has 12 rings (SSSR count). The second kappa shape index (κ2) is 14.3. The largest absolute Gasteiger partial charge is 0.352 e. The zero-order chi connectivity index (χ0) is 42.4. The summed E-state index contributed by atoms with van der Waals surface area (Å²) in [4.78, 5) is 2.38. The Balaban J connectivity index is 1.16. The Kier molecular flexibility index (Phi) is 8.50. The monoisotopic (exact) mass is 813 g/mol. The van der Waals surface area contributed by atoms with Gasteiger partial charge in [-0.05, 0) is 113 Å². The van der Waals surface area contributed by atoms with Gasteiger partial charge in [0.2, 0.25) is 17.6 Å². The molecule has 2 aromatic heterocycles. The number of benzene rings is 7. The van der Waals surface area contributed by atoms with E-state index in [2.05, 4.69) is 229 Å². The van der Waals surface area contributed by atoms with Gasteiger partial charge >= 0.3 is 0 Å². The first-order valence-corrected chi connectivity index (χ1v) is 22.3. The van der Waals surface area contributed by atoms with Crippen LogP contribution in [0.3, 0.4) is 0 Å². The van der Waals surface area contributed by atoms with Crippen LogP contribution < -0.4 is 14.0 Å². The third kappa shape index (κ3) is 5.44. The fourth-order valence-electron chi connectivity index (χ4n) is 11.2. The molecular formula is C59H47N3O+2. The molecule has 4 heteroatoms. The maximum absolute atomic E-state index is 12.9. The molecule has 7 aromatic carbocycles. The molecule has 0 saturated heterocycles. The predicted octanol–water partition coefficient (Wildman–Crippen LogP) is 13.2. The first kappa shape index (κ1) is 37.4. The number of hydrogen-bond acceptors (Lipinski definition) is 2. The Morgan fingerprint density at radius 2 is 1.10 bits per heavy atom. The molecule has 4 nitrogen and oxygen atoms in total. The normalized spacial score (nSPS) is 16.4. The molecule has 0 aliphatic carbocycles. The van der Waals surface area contributed by atoms with Gasteiger partial charge < -0.3 is 5.11 Å². The van der Waals surface area contributed by atoms with Gasteiger partial charge in [-0.15, -0.1) is 0 Å². The van der Waals surface area contributed by atoms with Gasteiger partial charge in [0.05, 0.1) is 27.6 Å². The summed E-state index contributed by atoms with van der Waals surface area (Å²) < 4.78 is 4.81. The third-order valence-corrected chi connectivity index (χ3v) is 14.1. The average Bonchev–Trinajstić information content (AvgIpc) is 3.68. The maximum atomic E-state index is 12.9. The summed E-state index contributed by atoms with van der Waals surface area (Å²) >= 11 is 0. The maximum Gasteiger partial charge on any atom is 0.293 e. The van der Waals surface area contributed by atoms with Crippen LogP contribution in [0.4, 0.5) is 5.82 Å². The van der Waals surface area contributed by atoms with Crippen LogP contribution in [0.2, 0.25) is 0 Å². The van der Waals surface area contributed by atoms with E-state index in [0.29, 0.717) is 0 Å². The van der Waals surface area contributed by atoms with Crippen molar-refractivity contribution in [2.24, 2.45) is 0 Å². The molecule has 0 amide bonds. The highest BCUT2D eigenvalue weighted by atomic mass is 16.3. The van der Waals surface area contributed by atoms with Crippen LogP contribution in [0.25, 0.3) is 83.5 Å². The van der Waals surface area contributed by atoms with E-state index in [1.54, 1.807) is 0 Å². The molecular weight excluding hydrogens is 767 g/mol. The van der Waals surface area contributed by atoms with Crippen LogP contribution in [0, 0.1) is 6.92 Å². The van der Waals surface area contributed by atoms with Crippen molar-refractivity contribution in [1.82, 2.24) is 0 Å². The van der Waals surface area contributed by atoms with Gasteiger partial charge in [-0.2, -0.15) is 9.13 Å². The molecule has 0 saturated carbocycles. The highest BCUT2D eigenvalue weighted by Gasteiger charge is 2.59. The van der Waals surface area contributed by atoms with Crippen LogP contribution in [-0.4, -0.2) is 10.6 Å². The fraction of sp³-hybridized carbons (Fsp3) is 0.119. The topological polar surface area (TPSA) is 31.2 Å². The quantitative estimate of drug-likeness (QED) is 0.170. The number of anilines is 1. The Hall–Kier alpha value is -7.40. The van der Waals surface area contributed by atoms with Gasteiger partial charge in [-0.25, -0.2) is 4.90 Å². The number of aliphatic hydroxyl groups excluding tert-OH is 1. The van der Waals surface area contributed by atoms with Gasteiger partial charge in [-0.3, -0.25) is 0 Å². The van der Waals surface area contributed by atoms with Gasteiger partial charge in [0, 0.05) is 28.1 Å². The van der Waals surface area contributed by atoms with Crippen LogP contribution in [0.15, 0.2) is 194 Å². The Morgan fingerprint density at radius 3 is 1.81 bits per heavy atom. The Morgan fingerprint density at radius 1 is 0.524 bits per heavy atom. The van der Waals surface area contributed by atoms with E-state index >= 15 is 0 Å². The van der Waals surface area contributed by atoms with Crippen LogP contribution in [-0.2, 0) is 0 Å². The van der Waals surface area contributed by atoms with Gasteiger partial charge in [0.15, 0.2) is 6.20 Å². The number of aromatic nitrogens is 2. The zero-order valence-corrected chi connectivity index (χ0v) is 35.8. The summed E-state index contributed by atoms with van der Waals surface area (Å²) in [5, 5.41) is 15.2. The molecule has 3 aliphatic rings. The highest BCUT2D eigenvalue weighted by Crippen LogP contribution is 2.57. The van der Waals surface area contributed by atoms with E-state index in [0.717, 1.165) is 57.4 Å². The van der Waals surface area contributed by atoms with Crippen molar-refractivity contribution in [2.75, 3.05) is 4.90 Å². The van der Waals surface area contributed by atoms with Gasteiger partial charge in [0.25, 0.3) is 5.82 Å². The molecule has 1 unspecified atom stereocenters. The molecule has 1 atom stereocenters. The van der Waals surface area contributed by atoms with Crippen molar-refractivity contribution in [3.8, 4) is 61.5 Å². The second-order valence-corrected chi connectivity index (χ2v) is 17.3. The van der Waals surface area contributed by atoms with E-state index in [4.69, 9.17) is 0 Å². The molecule has 0 radical (unpaired) electrons. The zero-order valence-electron chi connectivity index (χ0n) is 35.8. The summed E-state index contributed by atoms with van der Waals surface area (Å²) in [6.07, 6.45) is 5.32. The van der Waals surface area contributed by atoms with Crippen LogP contribution in [0.5, 0.6) is 0 Å². The summed E-state index contributed by atoms with van der Waals surface area (Å²) in [5.41, 5.74) is 19.4. The lowest BCUT2D eigenvalue weighted by Crippen LogP contribution is -2.60. The van der Waals surface area contributed by atoms with Gasteiger partial charge in [-0.1, -0.05) is 135 Å². The standard InChI is InChI=1S/C59H47N3O/c1-4-59(5-2)54(56-48-27-13-12-26-47(48)55-38(3)19-18-32-60(55)56)50-30-17-29-46-51(37-61-52-31-15-14-28-49(52)58(63)62(59)57(61)53(46)50)42-25-16-24-41(33-42)45-35-43(39-20-8-6-9-21-39)34-44(36-45)40-22-10-7-11-23-40/h6-37,58,63H,4-5H2,1-3H3/q+2. The minimum absolute atomic E-state index is 0.543. The van der Waals surface area contributed by atoms with E-state index in [1.807, 2.05) is 0 Å². The Labute approximate surface area is 369 Å². The van der Waals surface area contributed by atoms with Crippen molar-refractivity contribution >= 4 is 27.9 Å². The van der Waals surface area contributed by atoms with Crippen molar-refractivity contribution < 1.29 is 14.2 Å². The first-order chi connectivity index (χ1) is 31.0. The number of para-hydroxylation sites is 1. The van der Waals surface area contributed by atoms with Crippen LogP contribution in [0.1, 0.15) is 55.2 Å². The number of aryl methyl sites for hydroxylation is 1. The van der Waals surface area contributed by atoms with Crippen molar-refractivity contribution in [2.45, 2.75) is 45.4 Å². The molecule has 302 valence electrons. The number of hydrogen-bond donors (Lipinski definition) is 1. The minimum atomic E-state index is -0.850. The molecule has 0 bridgehead atoms. The predicted molar refractivity (Wildman–Crippen MR) is 257 cm³/mol. The number of nitrogens with zero attached hydrogens (tertiary/aromatic N) is 3. The highest BCUT2D eigenvalue weighted by molar-refractivity contribution is 6.14. The fourth-order valence-corrected chi connectivity index (χ4v) is 11.2. The molecule has 3 aliphatic heterocycles. The van der Waals surface area contributed by atoms with E-state index < -0.39 is 11.8 Å². The van der Waals surface area contributed by atoms with Crippen LogP contribution >= 0.6 is 0 Å². The second-order valence-electron chi connectivity index (χ2n) is 17.3. The molecule has 0 fully saturated rings. The third-order valence-electron chi connectivity index (χ3n) is 14.1. The van der Waals surface area contributed by atoms with Crippen molar-refractivity contribution in [3.05, 3.63) is 217 Å². The van der Waals surface area contributed by atoms with E-state index in [1.165, 1.54) is 67.0 Å². The SMILES string of the molecule is CCC1(CC)C(=C2c3ccccc3-c3c(C)ccc[n+]32)c2cccc3c(-c4cccc(-c5cc(-c6ccccc6)cc(-c6ccccc6)c5)c4)c[n+]4c(c23)N1C(O)c1ccccc1-4. The molecule has 9 aromatic rings. The lowest BCUT2D eigenvalue weighted by Gasteiger charge is -2.47. The number of rotatable bonds is 6. The average molecular weight is 814 g/mol. The van der Waals surface area contributed by atoms with Crippen molar-refractivity contribution in [3.63, 3.8) is 0 Å². The smallest absolute Gasteiger partial charge is 0.293 e. The molecule has 63 heavy (non-hydrogen) atoms. The first-order valence-electron chi connectivity index (χ1n) is 22.3. The molecule has 0 spiro atoms. The number of pyridine rings is 2.